The van der Waals surface area contributed by atoms with E-state index in [1.54, 1.807) is 0 Å². The van der Waals surface area contributed by atoms with Crippen molar-refractivity contribution in [2.45, 2.75) is 58.4 Å². The molecule has 1 aromatic rings. The van der Waals surface area contributed by atoms with Crippen LogP contribution in [0.3, 0.4) is 0 Å². The second-order valence-corrected chi connectivity index (χ2v) is 7.51. The third-order valence-corrected chi connectivity index (χ3v) is 5.72. The predicted octanol–water partition coefficient (Wildman–Crippen LogP) is 3.13. The molecule has 1 aromatic carbocycles. The van der Waals surface area contributed by atoms with Crippen molar-refractivity contribution in [2.24, 2.45) is 11.8 Å². The molecule has 3 amide bonds. The molecule has 140 valence electrons. The number of carbonyl (C=O) groups is 3. The maximum atomic E-state index is 12.5. The Balaban J connectivity index is 1.55. The fourth-order valence-electron chi connectivity index (χ4n) is 4.15. The summed E-state index contributed by atoms with van der Waals surface area (Å²) >= 11 is 0. The first-order valence-corrected chi connectivity index (χ1v) is 9.72. The summed E-state index contributed by atoms with van der Waals surface area (Å²) in [5.41, 5.74) is 2.26. The van der Waals surface area contributed by atoms with Crippen LogP contribution in [0.1, 0.15) is 62.6 Å². The lowest BCUT2D eigenvalue weighted by molar-refractivity contribution is -0.140. The van der Waals surface area contributed by atoms with E-state index in [2.05, 4.69) is 5.32 Å². The molecule has 1 aliphatic carbocycles. The van der Waals surface area contributed by atoms with E-state index in [0.29, 0.717) is 0 Å². The molecular weight excluding hydrogens is 328 g/mol. The number of likely N-dealkylation sites (tertiary alicyclic amines) is 1. The normalized spacial score (nSPS) is 23.7. The summed E-state index contributed by atoms with van der Waals surface area (Å²) in [7, 11) is 0. The first kappa shape index (κ1) is 18.6. The largest absolute Gasteiger partial charge is 0.349 e. The Morgan fingerprint density at radius 2 is 1.69 bits per heavy atom. The standard InChI is InChI=1S/C21H28N2O3/c1-3-18(15-10-8-14(2)9-11-15)22-19(24)12-13-23-20(25)16-6-4-5-7-17(16)21(23)26/h8-11,16-18H,3-7,12-13H2,1-2H3,(H,22,24). The van der Waals surface area contributed by atoms with Crippen molar-refractivity contribution in [1.82, 2.24) is 10.2 Å². The van der Waals surface area contributed by atoms with Crippen molar-refractivity contribution in [3.63, 3.8) is 0 Å². The third kappa shape index (κ3) is 3.81. The smallest absolute Gasteiger partial charge is 0.233 e. The van der Waals surface area contributed by atoms with Crippen molar-refractivity contribution in [2.75, 3.05) is 6.54 Å². The van der Waals surface area contributed by atoms with E-state index in [-0.39, 0.29) is 48.6 Å². The SMILES string of the molecule is CCC(NC(=O)CCN1C(=O)C2CCCCC2C1=O)c1ccc(C)cc1. The van der Waals surface area contributed by atoms with Gasteiger partial charge in [0.2, 0.25) is 17.7 Å². The highest BCUT2D eigenvalue weighted by Crippen LogP contribution is 2.37. The number of fused-ring (bicyclic) bond motifs is 1. The highest BCUT2D eigenvalue weighted by Gasteiger charge is 2.47. The number of hydrogen-bond donors (Lipinski definition) is 1. The number of imide groups is 1. The molecule has 2 aliphatic rings. The van der Waals surface area contributed by atoms with Gasteiger partial charge in [-0.05, 0) is 31.7 Å². The third-order valence-electron chi connectivity index (χ3n) is 5.72. The predicted molar refractivity (Wildman–Crippen MR) is 99.1 cm³/mol. The van der Waals surface area contributed by atoms with Crippen LogP contribution in [0.15, 0.2) is 24.3 Å². The van der Waals surface area contributed by atoms with Gasteiger partial charge in [-0.1, -0.05) is 49.6 Å². The van der Waals surface area contributed by atoms with Crippen LogP contribution in [0.5, 0.6) is 0 Å². The first-order chi connectivity index (χ1) is 12.5. The number of carbonyl (C=O) groups excluding carboxylic acids is 3. The number of nitrogens with one attached hydrogen (secondary N) is 1. The van der Waals surface area contributed by atoms with Crippen molar-refractivity contribution in [3.05, 3.63) is 35.4 Å². The Kier molecular flexibility index (Phi) is 5.74. The van der Waals surface area contributed by atoms with Crippen molar-refractivity contribution in [3.8, 4) is 0 Å². The van der Waals surface area contributed by atoms with Gasteiger partial charge >= 0.3 is 0 Å². The number of rotatable bonds is 6. The summed E-state index contributed by atoms with van der Waals surface area (Å²) in [5.74, 6) is -0.547. The maximum absolute atomic E-state index is 12.5. The second kappa shape index (κ2) is 8.02. The van der Waals surface area contributed by atoms with Gasteiger partial charge in [-0.2, -0.15) is 0 Å². The van der Waals surface area contributed by atoms with E-state index in [1.165, 1.54) is 10.5 Å². The second-order valence-electron chi connectivity index (χ2n) is 7.51. The van der Waals surface area contributed by atoms with Gasteiger partial charge in [-0.25, -0.2) is 0 Å². The Bertz CT molecular complexity index is 659. The summed E-state index contributed by atoms with van der Waals surface area (Å²) in [5, 5.41) is 3.03. The Morgan fingerprint density at radius 3 is 2.23 bits per heavy atom. The van der Waals surface area contributed by atoms with Gasteiger partial charge in [0.1, 0.15) is 0 Å². The van der Waals surface area contributed by atoms with Gasteiger partial charge in [-0.15, -0.1) is 0 Å². The molecule has 26 heavy (non-hydrogen) atoms. The molecule has 1 aliphatic heterocycles. The van der Waals surface area contributed by atoms with E-state index in [0.717, 1.165) is 37.7 Å². The van der Waals surface area contributed by atoms with Gasteiger partial charge in [0.25, 0.3) is 0 Å². The van der Waals surface area contributed by atoms with Crippen LogP contribution in [0.4, 0.5) is 0 Å². The monoisotopic (exact) mass is 356 g/mol. The molecule has 0 aromatic heterocycles. The molecule has 0 bridgehead atoms. The minimum absolute atomic E-state index is 0.0457. The molecule has 0 spiro atoms. The Labute approximate surface area is 155 Å². The molecule has 5 nitrogen and oxygen atoms in total. The first-order valence-electron chi connectivity index (χ1n) is 9.72. The Hall–Kier alpha value is -2.17. The highest BCUT2D eigenvalue weighted by molar-refractivity contribution is 6.05. The molecule has 1 N–H and O–H groups in total. The summed E-state index contributed by atoms with van der Waals surface area (Å²) in [6.45, 7) is 4.26. The van der Waals surface area contributed by atoms with Crippen LogP contribution in [-0.2, 0) is 14.4 Å². The lowest BCUT2D eigenvalue weighted by atomic mass is 9.81. The summed E-state index contributed by atoms with van der Waals surface area (Å²) in [6, 6.07) is 8.08. The van der Waals surface area contributed by atoms with Crippen LogP contribution in [-0.4, -0.2) is 29.2 Å². The van der Waals surface area contributed by atoms with Crippen LogP contribution < -0.4 is 5.32 Å². The van der Waals surface area contributed by atoms with Crippen molar-refractivity contribution >= 4 is 17.7 Å². The van der Waals surface area contributed by atoms with Crippen LogP contribution >= 0.6 is 0 Å². The molecule has 3 rings (SSSR count). The average molecular weight is 356 g/mol. The molecule has 2 fully saturated rings. The molecule has 0 radical (unpaired) electrons. The molecule has 5 heteroatoms. The molecule has 1 heterocycles. The quantitative estimate of drug-likeness (QED) is 0.797. The molecule has 1 saturated carbocycles. The van der Waals surface area contributed by atoms with Crippen LogP contribution in [0.2, 0.25) is 0 Å². The molecule has 3 atom stereocenters. The van der Waals surface area contributed by atoms with Gasteiger partial charge in [-0.3, -0.25) is 19.3 Å². The number of benzene rings is 1. The van der Waals surface area contributed by atoms with Crippen LogP contribution in [0, 0.1) is 18.8 Å². The topological polar surface area (TPSA) is 66.5 Å². The van der Waals surface area contributed by atoms with Gasteiger partial charge in [0.15, 0.2) is 0 Å². The van der Waals surface area contributed by atoms with Gasteiger partial charge in [0, 0.05) is 13.0 Å². The summed E-state index contributed by atoms with van der Waals surface area (Å²) in [6.07, 6.45) is 4.61. The summed E-state index contributed by atoms with van der Waals surface area (Å²) < 4.78 is 0. The minimum atomic E-state index is -0.143. The van der Waals surface area contributed by atoms with Gasteiger partial charge < -0.3 is 5.32 Å². The summed E-state index contributed by atoms with van der Waals surface area (Å²) in [4.78, 5) is 38.6. The lowest BCUT2D eigenvalue weighted by Crippen LogP contribution is -2.36. The van der Waals surface area contributed by atoms with E-state index < -0.39 is 0 Å². The average Bonchev–Trinajstić information content (AvgIpc) is 2.90. The fourth-order valence-corrected chi connectivity index (χ4v) is 4.15. The van der Waals surface area contributed by atoms with E-state index in [9.17, 15) is 14.4 Å². The zero-order chi connectivity index (χ0) is 18.7. The lowest BCUT2D eigenvalue weighted by Gasteiger charge is -2.19. The zero-order valence-corrected chi connectivity index (χ0v) is 15.7. The van der Waals surface area contributed by atoms with Crippen molar-refractivity contribution in [1.29, 1.82) is 0 Å². The van der Waals surface area contributed by atoms with E-state index in [4.69, 9.17) is 0 Å². The van der Waals surface area contributed by atoms with Crippen molar-refractivity contribution < 1.29 is 14.4 Å². The highest BCUT2D eigenvalue weighted by atomic mass is 16.2. The number of aryl methyl sites for hydroxylation is 1. The fraction of sp³-hybridized carbons (Fsp3) is 0.571. The zero-order valence-electron chi connectivity index (χ0n) is 15.7. The maximum Gasteiger partial charge on any atom is 0.233 e. The molecular formula is C21H28N2O3. The van der Waals surface area contributed by atoms with E-state index >= 15 is 0 Å². The molecule has 1 saturated heterocycles. The number of hydrogen-bond acceptors (Lipinski definition) is 3. The van der Waals surface area contributed by atoms with Crippen LogP contribution in [0.25, 0.3) is 0 Å². The molecule has 3 unspecified atom stereocenters. The van der Waals surface area contributed by atoms with E-state index in [1.807, 2.05) is 38.1 Å². The Morgan fingerprint density at radius 1 is 1.12 bits per heavy atom. The van der Waals surface area contributed by atoms with Gasteiger partial charge in [0.05, 0.1) is 17.9 Å². The number of nitrogens with zero attached hydrogens (tertiary/aromatic N) is 1. The number of amides is 3. The minimum Gasteiger partial charge on any atom is -0.349 e.